The van der Waals surface area contributed by atoms with Crippen LogP contribution in [0.1, 0.15) is 58.9 Å². The van der Waals surface area contributed by atoms with E-state index in [1.54, 1.807) is 11.8 Å². The average Bonchev–Trinajstić information content (AvgIpc) is 2.73. The zero-order valence-electron chi connectivity index (χ0n) is 18.1. The van der Waals surface area contributed by atoms with Crippen molar-refractivity contribution in [3.05, 3.63) is 29.8 Å². The van der Waals surface area contributed by atoms with Gasteiger partial charge in [-0.15, -0.1) is 0 Å². The van der Waals surface area contributed by atoms with Gasteiger partial charge in [0.2, 0.25) is 0 Å². The average molecular weight is 453 g/mol. The van der Waals surface area contributed by atoms with Crippen molar-refractivity contribution in [3.8, 4) is 0 Å². The Labute approximate surface area is 189 Å². The Bertz CT molecular complexity index is 745. The molecule has 0 bridgehead atoms. The highest BCUT2D eigenvalue weighted by Crippen LogP contribution is 2.40. The molecule has 1 aliphatic rings. The van der Waals surface area contributed by atoms with Crippen LogP contribution in [0.3, 0.4) is 0 Å². The van der Waals surface area contributed by atoms with E-state index >= 15 is 0 Å². The number of hydrogen-bond acceptors (Lipinski definition) is 6. The van der Waals surface area contributed by atoms with E-state index < -0.39 is 0 Å². The number of thiocarbonyl (C=S) groups is 1. The summed E-state index contributed by atoms with van der Waals surface area (Å²) in [6, 6.07) is 8.29. The largest absolute Gasteiger partial charge is 0.465 e. The standard InChI is InChI=1S/C22H32N2O2S3/c1-6-22(7-2)14-24(21(27)28-13-19(25)26-8-3)20(29-15-22)23-18-12-10-9-11-17(18)16(4)5/h9-12,16H,6-8,13-15H2,1-5H3. The predicted molar refractivity (Wildman–Crippen MR) is 131 cm³/mol. The van der Waals surface area contributed by atoms with Gasteiger partial charge in [0, 0.05) is 12.3 Å². The Morgan fingerprint density at radius 1 is 1.31 bits per heavy atom. The molecule has 1 aromatic carbocycles. The molecule has 2 rings (SSSR count). The molecule has 0 radical (unpaired) electrons. The van der Waals surface area contributed by atoms with Gasteiger partial charge < -0.3 is 9.64 Å². The number of nitrogens with zero attached hydrogens (tertiary/aromatic N) is 2. The molecular weight excluding hydrogens is 420 g/mol. The minimum Gasteiger partial charge on any atom is -0.465 e. The number of benzene rings is 1. The van der Waals surface area contributed by atoms with Crippen LogP contribution in [-0.2, 0) is 9.53 Å². The van der Waals surface area contributed by atoms with Crippen molar-refractivity contribution in [2.24, 2.45) is 10.4 Å². The summed E-state index contributed by atoms with van der Waals surface area (Å²) < 4.78 is 5.75. The molecule has 0 saturated carbocycles. The fourth-order valence-electron chi connectivity index (χ4n) is 3.24. The number of esters is 1. The second-order valence-electron chi connectivity index (χ2n) is 7.55. The molecule has 0 N–H and O–H groups in total. The molecule has 1 aliphatic heterocycles. The molecule has 0 spiro atoms. The van der Waals surface area contributed by atoms with Crippen LogP contribution in [0.2, 0.25) is 0 Å². The first-order chi connectivity index (χ1) is 13.9. The lowest BCUT2D eigenvalue weighted by Crippen LogP contribution is -2.47. The first-order valence-electron chi connectivity index (χ1n) is 10.3. The number of thioether (sulfide) groups is 2. The molecule has 29 heavy (non-hydrogen) atoms. The molecule has 1 saturated heterocycles. The molecule has 160 valence electrons. The number of carbonyl (C=O) groups excluding carboxylic acids is 1. The number of carbonyl (C=O) groups is 1. The van der Waals surface area contributed by atoms with E-state index in [1.807, 2.05) is 13.0 Å². The van der Waals surface area contributed by atoms with Crippen LogP contribution in [0.4, 0.5) is 5.69 Å². The number of hydrogen-bond donors (Lipinski definition) is 0. The monoisotopic (exact) mass is 452 g/mol. The number of para-hydroxylation sites is 1. The number of aliphatic imine (C=N–C) groups is 1. The van der Waals surface area contributed by atoms with Gasteiger partial charge in [0.05, 0.1) is 18.0 Å². The van der Waals surface area contributed by atoms with E-state index in [1.165, 1.54) is 17.3 Å². The van der Waals surface area contributed by atoms with Gasteiger partial charge in [-0.2, -0.15) is 0 Å². The van der Waals surface area contributed by atoms with Gasteiger partial charge in [-0.1, -0.05) is 81.6 Å². The maximum Gasteiger partial charge on any atom is 0.316 e. The summed E-state index contributed by atoms with van der Waals surface area (Å²) in [6.45, 7) is 11.9. The minimum atomic E-state index is -0.231. The molecular formula is C22H32N2O2S3. The molecule has 7 heteroatoms. The molecule has 1 heterocycles. The maximum atomic E-state index is 11.8. The van der Waals surface area contributed by atoms with Crippen molar-refractivity contribution in [2.45, 2.75) is 53.4 Å². The van der Waals surface area contributed by atoms with E-state index in [4.69, 9.17) is 21.9 Å². The van der Waals surface area contributed by atoms with Crippen molar-refractivity contribution in [2.75, 3.05) is 24.7 Å². The third-order valence-electron chi connectivity index (χ3n) is 5.35. The van der Waals surface area contributed by atoms with E-state index in [0.717, 1.165) is 36.0 Å². The zero-order valence-corrected chi connectivity index (χ0v) is 20.5. The van der Waals surface area contributed by atoms with Gasteiger partial charge >= 0.3 is 5.97 Å². The summed E-state index contributed by atoms with van der Waals surface area (Å²) in [7, 11) is 0. The summed E-state index contributed by atoms with van der Waals surface area (Å²) in [5, 5.41) is 0.928. The fraction of sp³-hybridized carbons (Fsp3) is 0.591. The summed E-state index contributed by atoms with van der Waals surface area (Å²) in [5.41, 5.74) is 2.43. The second-order valence-corrected chi connectivity index (χ2v) is 10.1. The van der Waals surface area contributed by atoms with Gasteiger partial charge in [-0.05, 0) is 42.7 Å². The Balaban J connectivity index is 2.31. The Hall–Kier alpha value is -1.05. The maximum absolute atomic E-state index is 11.8. The lowest BCUT2D eigenvalue weighted by molar-refractivity contribution is -0.139. The van der Waals surface area contributed by atoms with E-state index in [9.17, 15) is 4.79 Å². The second kappa shape index (κ2) is 11.4. The Kier molecular flexibility index (Phi) is 9.50. The molecule has 4 nitrogen and oxygen atoms in total. The van der Waals surface area contributed by atoms with Crippen LogP contribution in [0.5, 0.6) is 0 Å². The Morgan fingerprint density at radius 3 is 2.62 bits per heavy atom. The molecule has 0 unspecified atom stereocenters. The quantitative estimate of drug-likeness (QED) is 0.361. The molecule has 0 aliphatic carbocycles. The lowest BCUT2D eigenvalue weighted by Gasteiger charge is -2.42. The van der Waals surface area contributed by atoms with Gasteiger partial charge in [0.15, 0.2) is 5.17 Å². The topological polar surface area (TPSA) is 41.9 Å². The minimum absolute atomic E-state index is 0.204. The molecule has 0 amide bonds. The van der Waals surface area contributed by atoms with E-state index in [2.05, 4.69) is 50.8 Å². The zero-order chi connectivity index (χ0) is 21.4. The highest BCUT2D eigenvalue weighted by Gasteiger charge is 2.37. The van der Waals surface area contributed by atoms with Crippen molar-refractivity contribution in [1.29, 1.82) is 0 Å². The summed E-state index contributed by atoms with van der Waals surface area (Å²) in [5.74, 6) is 1.43. The van der Waals surface area contributed by atoms with Crippen LogP contribution in [0, 0.1) is 5.41 Å². The fourth-order valence-corrected chi connectivity index (χ4v) is 5.72. The number of rotatable bonds is 7. The molecule has 0 aromatic heterocycles. The highest BCUT2D eigenvalue weighted by atomic mass is 32.2. The molecule has 1 fully saturated rings. The summed E-state index contributed by atoms with van der Waals surface area (Å²) >= 11 is 8.88. The van der Waals surface area contributed by atoms with Gasteiger partial charge in [-0.3, -0.25) is 4.79 Å². The normalized spacial score (nSPS) is 17.6. The van der Waals surface area contributed by atoms with Crippen LogP contribution >= 0.6 is 35.7 Å². The van der Waals surface area contributed by atoms with Crippen LogP contribution < -0.4 is 0 Å². The smallest absolute Gasteiger partial charge is 0.316 e. The third-order valence-corrected chi connectivity index (χ3v) is 8.09. The number of amidine groups is 1. The first kappa shape index (κ1) is 24.2. The van der Waals surface area contributed by atoms with Crippen molar-refractivity contribution < 1.29 is 9.53 Å². The lowest BCUT2D eigenvalue weighted by atomic mass is 9.84. The van der Waals surface area contributed by atoms with E-state index in [-0.39, 0.29) is 17.1 Å². The first-order valence-corrected chi connectivity index (χ1v) is 12.6. The van der Waals surface area contributed by atoms with Crippen molar-refractivity contribution in [1.82, 2.24) is 4.90 Å². The van der Waals surface area contributed by atoms with E-state index in [0.29, 0.717) is 16.8 Å². The number of ether oxygens (including phenoxy) is 1. The molecule has 1 aromatic rings. The van der Waals surface area contributed by atoms with Gasteiger partial charge in [0.25, 0.3) is 0 Å². The van der Waals surface area contributed by atoms with Crippen LogP contribution in [0.15, 0.2) is 29.3 Å². The van der Waals surface area contributed by atoms with Gasteiger partial charge in [-0.25, -0.2) is 4.99 Å². The van der Waals surface area contributed by atoms with Crippen LogP contribution in [0.25, 0.3) is 0 Å². The van der Waals surface area contributed by atoms with Crippen molar-refractivity contribution >= 4 is 56.9 Å². The predicted octanol–water partition coefficient (Wildman–Crippen LogP) is 6.23. The SMILES string of the molecule is CCOC(=O)CSC(=S)N1CC(CC)(CC)CSC1=Nc1ccccc1C(C)C. The van der Waals surface area contributed by atoms with Gasteiger partial charge in [0.1, 0.15) is 4.32 Å². The summed E-state index contributed by atoms with van der Waals surface area (Å²) in [4.78, 5) is 19.0. The third kappa shape index (κ3) is 6.46. The van der Waals surface area contributed by atoms with Crippen LogP contribution in [-0.4, -0.2) is 45.0 Å². The highest BCUT2D eigenvalue weighted by molar-refractivity contribution is 8.23. The summed E-state index contributed by atoms with van der Waals surface area (Å²) in [6.07, 6.45) is 2.18. The Morgan fingerprint density at radius 2 is 2.00 bits per heavy atom. The van der Waals surface area contributed by atoms with Crippen molar-refractivity contribution in [3.63, 3.8) is 0 Å². The molecule has 0 atom stereocenters.